The van der Waals surface area contributed by atoms with Gasteiger partial charge in [0.2, 0.25) is 0 Å². The maximum absolute atomic E-state index is 5.48. The van der Waals surface area contributed by atoms with E-state index in [1.54, 1.807) is 0 Å². The Labute approximate surface area is 98.8 Å². The smallest absolute Gasteiger partial charge is 0.117 e. The maximum Gasteiger partial charge on any atom is 0.117 e. The minimum atomic E-state index is 0.660. The number of nitrogens with one attached hydrogen (secondary N) is 1. The van der Waals surface area contributed by atoms with Crippen molar-refractivity contribution in [3.63, 3.8) is 0 Å². The zero-order chi connectivity index (χ0) is 12.0. The number of hydrogen-bond acceptors (Lipinski definition) is 3. The average Bonchev–Trinajstić information content (AvgIpc) is 2.69. The average molecular weight is 224 g/mol. The largest absolute Gasteiger partial charge is 0.465 e. The van der Waals surface area contributed by atoms with Gasteiger partial charge in [-0.3, -0.25) is 0 Å². The zero-order valence-electron chi connectivity index (χ0n) is 10.9. The van der Waals surface area contributed by atoms with Crippen molar-refractivity contribution in [2.75, 3.05) is 20.1 Å². The lowest BCUT2D eigenvalue weighted by molar-refractivity contribution is 0.250. The second kappa shape index (κ2) is 6.71. The van der Waals surface area contributed by atoms with Crippen molar-refractivity contribution in [2.24, 2.45) is 0 Å². The molecule has 1 aromatic heterocycles. The van der Waals surface area contributed by atoms with Crippen LogP contribution in [0.2, 0.25) is 0 Å². The third-order valence-electron chi connectivity index (χ3n) is 3.08. The summed E-state index contributed by atoms with van der Waals surface area (Å²) < 4.78 is 5.48. The van der Waals surface area contributed by atoms with Crippen LogP contribution < -0.4 is 5.32 Å². The third-order valence-corrected chi connectivity index (χ3v) is 3.08. The van der Waals surface area contributed by atoms with Gasteiger partial charge in [-0.25, -0.2) is 0 Å². The fourth-order valence-corrected chi connectivity index (χ4v) is 1.58. The van der Waals surface area contributed by atoms with E-state index >= 15 is 0 Å². The standard InChI is InChI=1S/C13H24N2O/c1-5-11(2)15(4)9-8-14-10-13-7-6-12(3)16-13/h6-7,11,14H,5,8-10H2,1-4H3. The zero-order valence-corrected chi connectivity index (χ0v) is 10.9. The lowest BCUT2D eigenvalue weighted by Crippen LogP contribution is -2.34. The summed E-state index contributed by atoms with van der Waals surface area (Å²) in [4.78, 5) is 2.38. The summed E-state index contributed by atoms with van der Waals surface area (Å²) >= 11 is 0. The van der Waals surface area contributed by atoms with Crippen molar-refractivity contribution in [3.8, 4) is 0 Å². The molecule has 16 heavy (non-hydrogen) atoms. The second-order valence-electron chi connectivity index (χ2n) is 4.43. The minimum Gasteiger partial charge on any atom is -0.465 e. The van der Waals surface area contributed by atoms with E-state index in [1.807, 2.05) is 19.1 Å². The molecule has 92 valence electrons. The highest BCUT2D eigenvalue weighted by molar-refractivity contribution is 5.05. The predicted octanol–water partition coefficient (Wildman–Crippen LogP) is 2.41. The van der Waals surface area contributed by atoms with Crippen molar-refractivity contribution >= 4 is 0 Å². The van der Waals surface area contributed by atoms with Gasteiger partial charge in [0.05, 0.1) is 6.54 Å². The van der Waals surface area contributed by atoms with E-state index in [2.05, 4.69) is 31.1 Å². The molecule has 1 atom stereocenters. The van der Waals surface area contributed by atoms with Crippen LogP contribution >= 0.6 is 0 Å². The molecule has 0 radical (unpaired) electrons. The monoisotopic (exact) mass is 224 g/mol. The minimum absolute atomic E-state index is 0.660. The Hall–Kier alpha value is -0.800. The van der Waals surface area contributed by atoms with Gasteiger partial charge in [0.15, 0.2) is 0 Å². The fourth-order valence-electron chi connectivity index (χ4n) is 1.58. The molecule has 0 aromatic carbocycles. The van der Waals surface area contributed by atoms with Crippen molar-refractivity contribution in [3.05, 3.63) is 23.7 Å². The molecule has 0 fully saturated rings. The normalized spacial score (nSPS) is 13.3. The van der Waals surface area contributed by atoms with E-state index < -0.39 is 0 Å². The molecular formula is C13H24N2O. The van der Waals surface area contributed by atoms with E-state index in [9.17, 15) is 0 Å². The summed E-state index contributed by atoms with van der Waals surface area (Å²) in [5.41, 5.74) is 0. The van der Waals surface area contributed by atoms with Crippen LogP contribution in [0.25, 0.3) is 0 Å². The molecule has 0 saturated heterocycles. The first-order chi connectivity index (χ1) is 7.63. The van der Waals surface area contributed by atoms with Gasteiger partial charge in [0.25, 0.3) is 0 Å². The van der Waals surface area contributed by atoms with Gasteiger partial charge >= 0.3 is 0 Å². The van der Waals surface area contributed by atoms with Crippen molar-refractivity contribution in [1.82, 2.24) is 10.2 Å². The first-order valence-electron chi connectivity index (χ1n) is 6.09. The summed E-state index contributed by atoms with van der Waals surface area (Å²) in [5.74, 6) is 2.00. The van der Waals surface area contributed by atoms with Crippen LogP contribution in [0.15, 0.2) is 16.5 Å². The van der Waals surface area contributed by atoms with E-state index in [0.29, 0.717) is 6.04 Å². The summed E-state index contributed by atoms with van der Waals surface area (Å²) in [5, 5.41) is 3.39. The Bertz CT molecular complexity index is 296. The van der Waals surface area contributed by atoms with Crippen LogP contribution in [0.4, 0.5) is 0 Å². The molecule has 0 aliphatic heterocycles. The molecule has 1 unspecified atom stereocenters. The molecule has 1 heterocycles. The van der Waals surface area contributed by atoms with Gasteiger partial charge < -0.3 is 14.6 Å². The van der Waals surface area contributed by atoms with Crippen LogP contribution in [-0.4, -0.2) is 31.1 Å². The number of hydrogen-bond donors (Lipinski definition) is 1. The van der Waals surface area contributed by atoms with Crippen molar-refractivity contribution in [2.45, 2.75) is 39.8 Å². The molecule has 3 heteroatoms. The van der Waals surface area contributed by atoms with E-state index in [4.69, 9.17) is 4.42 Å². The maximum atomic E-state index is 5.48. The van der Waals surface area contributed by atoms with Crippen LogP contribution in [0, 0.1) is 6.92 Å². The molecule has 1 N–H and O–H groups in total. The molecule has 1 rings (SSSR count). The molecule has 3 nitrogen and oxygen atoms in total. The Kier molecular flexibility index (Phi) is 5.56. The van der Waals surface area contributed by atoms with E-state index in [0.717, 1.165) is 31.2 Å². The van der Waals surface area contributed by atoms with Crippen LogP contribution in [-0.2, 0) is 6.54 Å². The predicted molar refractivity (Wildman–Crippen MR) is 67.5 cm³/mol. The molecule has 1 aromatic rings. The molecule has 0 saturated carbocycles. The highest BCUT2D eigenvalue weighted by atomic mass is 16.3. The topological polar surface area (TPSA) is 28.4 Å². The Balaban J connectivity index is 2.12. The first-order valence-corrected chi connectivity index (χ1v) is 6.09. The number of rotatable bonds is 7. The van der Waals surface area contributed by atoms with E-state index in [1.165, 1.54) is 6.42 Å². The van der Waals surface area contributed by atoms with Gasteiger partial charge in [-0.05, 0) is 39.4 Å². The highest BCUT2D eigenvalue weighted by Gasteiger charge is 2.05. The molecule has 0 aliphatic carbocycles. The van der Waals surface area contributed by atoms with Crippen molar-refractivity contribution in [1.29, 1.82) is 0 Å². The molecule has 0 amide bonds. The second-order valence-corrected chi connectivity index (χ2v) is 4.43. The van der Waals surface area contributed by atoms with E-state index in [-0.39, 0.29) is 0 Å². The van der Waals surface area contributed by atoms with Gasteiger partial charge in [-0.15, -0.1) is 0 Å². The van der Waals surface area contributed by atoms with Crippen molar-refractivity contribution < 1.29 is 4.42 Å². The lowest BCUT2D eigenvalue weighted by Gasteiger charge is -2.23. The van der Waals surface area contributed by atoms with Gasteiger partial charge in [0, 0.05) is 19.1 Å². The Morgan fingerprint density at radius 2 is 2.19 bits per heavy atom. The molecular weight excluding hydrogens is 200 g/mol. The molecule has 0 spiro atoms. The highest BCUT2D eigenvalue weighted by Crippen LogP contribution is 2.05. The summed E-state index contributed by atoms with van der Waals surface area (Å²) in [7, 11) is 2.17. The Morgan fingerprint density at radius 3 is 2.75 bits per heavy atom. The molecule has 0 bridgehead atoms. The van der Waals surface area contributed by atoms with Crippen LogP contribution in [0.5, 0.6) is 0 Å². The summed E-state index contributed by atoms with van der Waals surface area (Å²) in [6.45, 7) is 9.35. The summed E-state index contributed by atoms with van der Waals surface area (Å²) in [6, 6.07) is 4.69. The SMILES string of the molecule is CCC(C)N(C)CCNCc1ccc(C)o1. The van der Waals surface area contributed by atoms with Gasteiger partial charge in [0.1, 0.15) is 11.5 Å². The van der Waals surface area contributed by atoms with Crippen LogP contribution in [0.3, 0.4) is 0 Å². The Morgan fingerprint density at radius 1 is 1.44 bits per heavy atom. The number of aryl methyl sites for hydroxylation is 1. The van der Waals surface area contributed by atoms with Gasteiger partial charge in [-0.1, -0.05) is 6.92 Å². The summed E-state index contributed by atoms with van der Waals surface area (Å²) in [6.07, 6.45) is 1.20. The number of furan rings is 1. The quantitative estimate of drug-likeness (QED) is 0.721. The van der Waals surface area contributed by atoms with Crippen LogP contribution in [0.1, 0.15) is 31.8 Å². The molecule has 0 aliphatic rings. The number of likely N-dealkylation sites (N-methyl/N-ethyl adjacent to an activating group) is 1. The third kappa shape index (κ3) is 4.37. The number of nitrogens with zero attached hydrogens (tertiary/aromatic N) is 1. The fraction of sp³-hybridized carbons (Fsp3) is 0.692. The lowest BCUT2D eigenvalue weighted by atomic mass is 10.2. The first kappa shape index (κ1) is 13.3. The van der Waals surface area contributed by atoms with Gasteiger partial charge in [-0.2, -0.15) is 0 Å².